The number of aryl methyl sites for hydroxylation is 1. The first-order valence-corrected chi connectivity index (χ1v) is 7.23. The number of amides is 1. The Morgan fingerprint density at radius 3 is 2.67 bits per heavy atom. The van der Waals surface area contributed by atoms with Gasteiger partial charge in [0.15, 0.2) is 0 Å². The number of carbonyl (C=O) groups is 1. The highest BCUT2D eigenvalue weighted by molar-refractivity contribution is 6.05. The Bertz CT molecular complexity index is 675. The lowest BCUT2D eigenvalue weighted by Crippen LogP contribution is -2.13. The molecule has 0 spiro atoms. The minimum Gasteiger partial charge on any atom is -0.497 e. The van der Waals surface area contributed by atoms with Crippen LogP contribution in [0.2, 0.25) is 0 Å². The molecule has 1 fully saturated rings. The number of ether oxygens (including phenoxy) is 1. The Hall–Kier alpha value is -2.29. The number of carbonyl (C=O) groups excluding carboxylic acids is 1. The van der Waals surface area contributed by atoms with Crippen molar-refractivity contribution in [2.24, 2.45) is 0 Å². The number of nitrogens with one attached hydrogen (secondary N) is 1. The number of anilines is 1. The molecule has 1 aliphatic rings. The monoisotopic (exact) mass is 281 g/mol. The molecule has 3 nitrogen and oxygen atoms in total. The molecule has 1 saturated carbocycles. The molecule has 0 bridgehead atoms. The third kappa shape index (κ3) is 3.07. The Balaban J connectivity index is 1.78. The second-order valence-corrected chi connectivity index (χ2v) is 5.53. The first kappa shape index (κ1) is 13.7. The molecule has 108 valence electrons. The van der Waals surface area contributed by atoms with E-state index in [1.807, 2.05) is 37.3 Å². The molecule has 1 N–H and O–H groups in total. The van der Waals surface area contributed by atoms with Gasteiger partial charge in [0.1, 0.15) is 5.75 Å². The highest BCUT2D eigenvalue weighted by atomic mass is 16.5. The summed E-state index contributed by atoms with van der Waals surface area (Å²) in [5, 5.41) is 2.92. The SMILES string of the molecule is COc1cccc(NC(=O)c2ccc(C3CC3)cc2C)c1. The molecule has 21 heavy (non-hydrogen) atoms. The van der Waals surface area contributed by atoms with Crippen LogP contribution in [0, 0.1) is 6.92 Å². The minimum absolute atomic E-state index is 0.0805. The van der Waals surface area contributed by atoms with Gasteiger partial charge in [-0.05, 0) is 55.0 Å². The summed E-state index contributed by atoms with van der Waals surface area (Å²) in [5.74, 6) is 1.36. The quantitative estimate of drug-likeness (QED) is 0.915. The van der Waals surface area contributed by atoms with Gasteiger partial charge in [-0.2, -0.15) is 0 Å². The highest BCUT2D eigenvalue weighted by Crippen LogP contribution is 2.40. The zero-order chi connectivity index (χ0) is 14.8. The lowest BCUT2D eigenvalue weighted by Gasteiger charge is -2.10. The molecule has 0 aromatic heterocycles. The van der Waals surface area contributed by atoms with Gasteiger partial charge < -0.3 is 10.1 Å². The molecule has 3 heteroatoms. The molecular formula is C18H19NO2. The van der Waals surface area contributed by atoms with Crippen molar-refractivity contribution in [2.45, 2.75) is 25.7 Å². The zero-order valence-corrected chi connectivity index (χ0v) is 12.3. The van der Waals surface area contributed by atoms with Crippen molar-refractivity contribution < 1.29 is 9.53 Å². The van der Waals surface area contributed by atoms with E-state index in [1.54, 1.807) is 7.11 Å². The third-order valence-electron chi connectivity index (χ3n) is 3.87. The summed E-state index contributed by atoms with van der Waals surface area (Å²) >= 11 is 0. The molecule has 2 aromatic carbocycles. The number of methoxy groups -OCH3 is 1. The molecule has 1 aliphatic carbocycles. The minimum atomic E-state index is -0.0805. The van der Waals surface area contributed by atoms with E-state index in [0.29, 0.717) is 5.92 Å². The Morgan fingerprint density at radius 2 is 2.00 bits per heavy atom. The van der Waals surface area contributed by atoms with Gasteiger partial charge in [-0.3, -0.25) is 4.79 Å². The van der Waals surface area contributed by atoms with Crippen molar-refractivity contribution in [3.63, 3.8) is 0 Å². The fourth-order valence-electron chi connectivity index (χ4n) is 2.51. The van der Waals surface area contributed by atoms with Crippen LogP contribution in [0.15, 0.2) is 42.5 Å². The topological polar surface area (TPSA) is 38.3 Å². The van der Waals surface area contributed by atoms with Crippen molar-refractivity contribution in [3.05, 3.63) is 59.2 Å². The maximum atomic E-state index is 12.4. The van der Waals surface area contributed by atoms with Gasteiger partial charge in [0.25, 0.3) is 5.91 Å². The van der Waals surface area contributed by atoms with Crippen molar-refractivity contribution in [1.82, 2.24) is 0 Å². The fourth-order valence-corrected chi connectivity index (χ4v) is 2.51. The van der Waals surface area contributed by atoms with E-state index in [4.69, 9.17) is 4.74 Å². The summed E-state index contributed by atoms with van der Waals surface area (Å²) in [4.78, 5) is 12.4. The predicted molar refractivity (Wildman–Crippen MR) is 84.1 cm³/mol. The first-order chi connectivity index (χ1) is 10.2. The normalized spacial score (nSPS) is 13.8. The van der Waals surface area contributed by atoms with Crippen LogP contribution in [-0.2, 0) is 0 Å². The van der Waals surface area contributed by atoms with Crippen molar-refractivity contribution in [1.29, 1.82) is 0 Å². The van der Waals surface area contributed by atoms with Crippen molar-refractivity contribution in [2.75, 3.05) is 12.4 Å². The lowest BCUT2D eigenvalue weighted by atomic mass is 10.0. The number of hydrogen-bond acceptors (Lipinski definition) is 2. The van der Waals surface area contributed by atoms with Gasteiger partial charge in [0.2, 0.25) is 0 Å². The lowest BCUT2D eigenvalue weighted by molar-refractivity contribution is 0.102. The van der Waals surface area contributed by atoms with Crippen LogP contribution < -0.4 is 10.1 Å². The zero-order valence-electron chi connectivity index (χ0n) is 12.3. The van der Waals surface area contributed by atoms with Crippen molar-refractivity contribution >= 4 is 11.6 Å². The van der Waals surface area contributed by atoms with E-state index < -0.39 is 0 Å². The summed E-state index contributed by atoms with van der Waals surface area (Å²) in [6.07, 6.45) is 2.55. The van der Waals surface area contributed by atoms with E-state index in [-0.39, 0.29) is 5.91 Å². The van der Waals surface area contributed by atoms with Crippen LogP contribution in [-0.4, -0.2) is 13.0 Å². The molecule has 2 aromatic rings. The van der Waals surface area contributed by atoms with Crippen LogP contribution in [0.3, 0.4) is 0 Å². The second kappa shape index (κ2) is 5.60. The molecule has 0 unspecified atom stereocenters. The molecule has 0 radical (unpaired) electrons. The number of hydrogen-bond donors (Lipinski definition) is 1. The Labute approximate surface area is 124 Å². The fraction of sp³-hybridized carbons (Fsp3) is 0.278. The second-order valence-electron chi connectivity index (χ2n) is 5.53. The van der Waals surface area contributed by atoms with Crippen LogP contribution in [0.4, 0.5) is 5.69 Å². The van der Waals surface area contributed by atoms with E-state index in [2.05, 4.69) is 17.4 Å². The predicted octanol–water partition coefficient (Wildman–Crippen LogP) is 4.13. The van der Waals surface area contributed by atoms with Crippen LogP contribution in [0.25, 0.3) is 0 Å². The maximum Gasteiger partial charge on any atom is 0.255 e. The third-order valence-corrected chi connectivity index (χ3v) is 3.87. The molecule has 3 rings (SSSR count). The van der Waals surface area contributed by atoms with E-state index in [9.17, 15) is 4.79 Å². The molecule has 0 atom stereocenters. The van der Waals surface area contributed by atoms with Gasteiger partial charge in [-0.25, -0.2) is 0 Å². The molecule has 0 aliphatic heterocycles. The summed E-state index contributed by atoms with van der Waals surface area (Å²) in [7, 11) is 1.61. The van der Waals surface area contributed by atoms with Gasteiger partial charge in [-0.15, -0.1) is 0 Å². The Kier molecular flexibility index (Phi) is 3.65. The largest absolute Gasteiger partial charge is 0.497 e. The number of benzene rings is 2. The van der Waals surface area contributed by atoms with Crippen LogP contribution in [0.5, 0.6) is 5.75 Å². The molecule has 1 amide bonds. The van der Waals surface area contributed by atoms with E-state index >= 15 is 0 Å². The average molecular weight is 281 g/mol. The van der Waals surface area contributed by atoms with Gasteiger partial charge in [0.05, 0.1) is 7.11 Å². The highest BCUT2D eigenvalue weighted by Gasteiger charge is 2.24. The molecule has 0 heterocycles. The van der Waals surface area contributed by atoms with Crippen LogP contribution in [0.1, 0.15) is 40.2 Å². The summed E-state index contributed by atoms with van der Waals surface area (Å²) < 4.78 is 5.16. The van der Waals surface area contributed by atoms with Crippen molar-refractivity contribution in [3.8, 4) is 5.75 Å². The maximum absolute atomic E-state index is 12.4. The smallest absolute Gasteiger partial charge is 0.255 e. The van der Waals surface area contributed by atoms with Gasteiger partial charge >= 0.3 is 0 Å². The molecular weight excluding hydrogens is 262 g/mol. The Morgan fingerprint density at radius 1 is 1.19 bits per heavy atom. The van der Waals surface area contributed by atoms with E-state index in [0.717, 1.165) is 22.6 Å². The van der Waals surface area contributed by atoms with Gasteiger partial charge in [-0.1, -0.05) is 18.2 Å². The van der Waals surface area contributed by atoms with E-state index in [1.165, 1.54) is 18.4 Å². The standard InChI is InChI=1S/C18H19NO2/c1-12-10-14(13-6-7-13)8-9-17(12)18(20)19-15-4-3-5-16(11-15)21-2/h3-5,8-11,13H,6-7H2,1-2H3,(H,19,20). The first-order valence-electron chi connectivity index (χ1n) is 7.23. The molecule has 0 saturated heterocycles. The average Bonchev–Trinajstić information content (AvgIpc) is 3.32. The van der Waals surface area contributed by atoms with Crippen LogP contribution >= 0.6 is 0 Å². The summed E-state index contributed by atoms with van der Waals surface area (Å²) in [5.41, 5.74) is 3.84. The number of rotatable bonds is 4. The summed E-state index contributed by atoms with van der Waals surface area (Å²) in [6, 6.07) is 13.5. The summed E-state index contributed by atoms with van der Waals surface area (Å²) in [6.45, 7) is 1.99. The van der Waals surface area contributed by atoms with Gasteiger partial charge in [0, 0.05) is 17.3 Å².